The molecule has 3 heterocycles. The standard InChI is InChI=1S/C24H21N5O3S/c30-22(26-14-19-15-31-20-10-4-5-11-21(20)32-19)16-33-24-28-27-23(17-7-6-12-25-13-17)29(24)18-8-2-1-3-9-18/h1-13,19H,14-16H2,(H,26,30)/t19-/m0/s1. The number of carbonyl (C=O) groups is 1. The molecule has 4 aromatic rings. The molecule has 8 nitrogen and oxygen atoms in total. The van der Waals surface area contributed by atoms with Crippen molar-refractivity contribution in [1.29, 1.82) is 0 Å². The number of ether oxygens (including phenoxy) is 2. The summed E-state index contributed by atoms with van der Waals surface area (Å²) in [7, 11) is 0. The van der Waals surface area contributed by atoms with Gasteiger partial charge in [0.25, 0.3) is 0 Å². The van der Waals surface area contributed by atoms with Crippen LogP contribution in [-0.2, 0) is 4.79 Å². The Labute approximate surface area is 195 Å². The summed E-state index contributed by atoms with van der Waals surface area (Å²) >= 11 is 1.33. The Morgan fingerprint density at radius 3 is 2.67 bits per heavy atom. The Morgan fingerprint density at radius 2 is 1.85 bits per heavy atom. The molecule has 1 aliphatic heterocycles. The molecule has 9 heteroatoms. The highest BCUT2D eigenvalue weighted by Gasteiger charge is 2.22. The lowest BCUT2D eigenvalue weighted by molar-refractivity contribution is -0.119. The van der Waals surface area contributed by atoms with Crippen molar-refractivity contribution < 1.29 is 14.3 Å². The van der Waals surface area contributed by atoms with Crippen molar-refractivity contribution in [1.82, 2.24) is 25.1 Å². The van der Waals surface area contributed by atoms with E-state index >= 15 is 0 Å². The van der Waals surface area contributed by atoms with Crippen molar-refractivity contribution >= 4 is 17.7 Å². The van der Waals surface area contributed by atoms with Gasteiger partial charge in [-0.3, -0.25) is 14.3 Å². The first-order valence-corrected chi connectivity index (χ1v) is 11.5. The summed E-state index contributed by atoms with van der Waals surface area (Å²) in [6, 6.07) is 21.1. The van der Waals surface area contributed by atoms with Crippen LogP contribution >= 0.6 is 11.8 Å². The van der Waals surface area contributed by atoms with E-state index in [-0.39, 0.29) is 17.8 Å². The van der Waals surface area contributed by atoms with Crippen molar-refractivity contribution in [3.05, 3.63) is 79.1 Å². The van der Waals surface area contributed by atoms with Gasteiger partial charge in [-0.15, -0.1) is 10.2 Å². The topological polar surface area (TPSA) is 91.2 Å². The lowest BCUT2D eigenvalue weighted by atomic mass is 10.2. The van der Waals surface area contributed by atoms with Crippen LogP contribution in [0.3, 0.4) is 0 Å². The minimum atomic E-state index is -0.237. The average Bonchev–Trinajstić information content (AvgIpc) is 3.31. The number of carbonyl (C=O) groups excluding carboxylic acids is 1. The highest BCUT2D eigenvalue weighted by molar-refractivity contribution is 7.99. The Balaban J connectivity index is 1.24. The van der Waals surface area contributed by atoms with E-state index in [9.17, 15) is 4.79 Å². The molecule has 2 aromatic carbocycles. The maximum Gasteiger partial charge on any atom is 0.230 e. The predicted molar refractivity (Wildman–Crippen MR) is 125 cm³/mol. The predicted octanol–water partition coefficient (Wildman–Crippen LogP) is 3.38. The van der Waals surface area contributed by atoms with Crippen molar-refractivity contribution in [3.63, 3.8) is 0 Å². The van der Waals surface area contributed by atoms with Crippen LogP contribution in [0.1, 0.15) is 0 Å². The van der Waals surface area contributed by atoms with Gasteiger partial charge in [0, 0.05) is 23.6 Å². The smallest absolute Gasteiger partial charge is 0.230 e. The number of hydrogen-bond donors (Lipinski definition) is 1. The van der Waals surface area contributed by atoms with E-state index in [1.165, 1.54) is 11.8 Å². The molecule has 1 aliphatic rings. The van der Waals surface area contributed by atoms with Crippen molar-refractivity contribution in [2.24, 2.45) is 0 Å². The number of rotatable bonds is 7. The fourth-order valence-electron chi connectivity index (χ4n) is 3.43. The minimum Gasteiger partial charge on any atom is -0.486 e. The zero-order valence-corrected chi connectivity index (χ0v) is 18.4. The van der Waals surface area contributed by atoms with E-state index in [2.05, 4.69) is 20.5 Å². The molecule has 2 aromatic heterocycles. The third-order valence-corrected chi connectivity index (χ3v) is 5.92. The van der Waals surface area contributed by atoms with E-state index in [0.29, 0.717) is 29.9 Å². The van der Waals surface area contributed by atoms with Crippen molar-refractivity contribution in [3.8, 4) is 28.6 Å². The molecular formula is C24H21N5O3S. The number of hydrogen-bond acceptors (Lipinski definition) is 7. The number of thioether (sulfide) groups is 1. The summed E-state index contributed by atoms with van der Waals surface area (Å²) in [5, 5.41) is 12.2. The Kier molecular flexibility index (Phi) is 6.21. The third-order valence-electron chi connectivity index (χ3n) is 4.99. The van der Waals surface area contributed by atoms with Gasteiger partial charge in [-0.25, -0.2) is 0 Å². The van der Waals surface area contributed by atoms with Gasteiger partial charge >= 0.3 is 0 Å². The summed E-state index contributed by atoms with van der Waals surface area (Å²) in [4.78, 5) is 16.7. The van der Waals surface area contributed by atoms with E-state index in [0.717, 1.165) is 17.0 Å². The number of pyridine rings is 1. The van der Waals surface area contributed by atoms with Crippen LogP contribution in [0.25, 0.3) is 17.1 Å². The van der Waals surface area contributed by atoms with Crippen molar-refractivity contribution in [2.45, 2.75) is 11.3 Å². The number of nitrogens with one attached hydrogen (secondary N) is 1. The summed E-state index contributed by atoms with van der Waals surface area (Å²) in [6.07, 6.45) is 3.22. The van der Waals surface area contributed by atoms with Gasteiger partial charge in [0.05, 0.1) is 12.3 Å². The van der Waals surface area contributed by atoms with Gasteiger partial charge in [-0.2, -0.15) is 0 Å². The fourth-order valence-corrected chi connectivity index (χ4v) is 4.21. The first-order chi connectivity index (χ1) is 16.3. The van der Waals surface area contributed by atoms with E-state index in [1.807, 2.05) is 71.3 Å². The second-order valence-electron chi connectivity index (χ2n) is 7.31. The van der Waals surface area contributed by atoms with Crippen LogP contribution in [0, 0.1) is 0 Å². The number of aromatic nitrogens is 4. The molecule has 166 valence electrons. The number of amides is 1. The van der Waals surface area contributed by atoms with Crippen LogP contribution in [0.5, 0.6) is 11.5 Å². The largest absolute Gasteiger partial charge is 0.486 e. The van der Waals surface area contributed by atoms with Crippen LogP contribution in [0.15, 0.2) is 84.3 Å². The van der Waals surface area contributed by atoms with Gasteiger partial charge < -0.3 is 14.8 Å². The maximum atomic E-state index is 12.5. The van der Waals surface area contributed by atoms with Gasteiger partial charge in [0.2, 0.25) is 5.91 Å². The summed E-state index contributed by atoms with van der Waals surface area (Å²) < 4.78 is 13.5. The Morgan fingerprint density at radius 1 is 1.03 bits per heavy atom. The molecule has 0 spiro atoms. The molecule has 33 heavy (non-hydrogen) atoms. The summed E-state index contributed by atoms with van der Waals surface area (Å²) in [5.41, 5.74) is 1.76. The molecule has 0 bridgehead atoms. The lowest BCUT2D eigenvalue weighted by Crippen LogP contribution is -2.41. The normalized spacial score (nSPS) is 14.6. The van der Waals surface area contributed by atoms with E-state index < -0.39 is 0 Å². The summed E-state index contributed by atoms with van der Waals surface area (Å²) in [6.45, 7) is 0.751. The average molecular weight is 460 g/mol. The molecule has 1 N–H and O–H groups in total. The highest BCUT2D eigenvalue weighted by atomic mass is 32.2. The molecular weight excluding hydrogens is 438 g/mol. The van der Waals surface area contributed by atoms with Crippen LogP contribution in [0.2, 0.25) is 0 Å². The molecule has 1 atom stereocenters. The Hall–Kier alpha value is -3.85. The zero-order valence-electron chi connectivity index (χ0n) is 17.6. The van der Waals surface area contributed by atoms with E-state index in [4.69, 9.17) is 9.47 Å². The van der Waals surface area contributed by atoms with Crippen molar-refractivity contribution in [2.75, 3.05) is 18.9 Å². The van der Waals surface area contributed by atoms with Crippen LogP contribution in [-0.4, -0.2) is 50.7 Å². The van der Waals surface area contributed by atoms with Crippen LogP contribution in [0.4, 0.5) is 0 Å². The molecule has 0 unspecified atom stereocenters. The molecule has 0 saturated carbocycles. The second kappa shape index (κ2) is 9.74. The number of para-hydroxylation sites is 3. The zero-order chi connectivity index (χ0) is 22.5. The molecule has 0 fully saturated rings. The molecule has 0 saturated heterocycles. The maximum absolute atomic E-state index is 12.5. The number of benzene rings is 2. The van der Waals surface area contributed by atoms with E-state index in [1.54, 1.807) is 12.4 Å². The van der Waals surface area contributed by atoms with Gasteiger partial charge in [0.1, 0.15) is 12.7 Å². The molecule has 0 radical (unpaired) electrons. The van der Waals surface area contributed by atoms with Crippen LogP contribution < -0.4 is 14.8 Å². The highest BCUT2D eigenvalue weighted by Crippen LogP contribution is 2.31. The second-order valence-corrected chi connectivity index (χ2v) is 8.25. The Bertz CT molecular complexity index is 1230. The first kappa shape index (κ1) is 21.0. The SMILES string of the molecule is O=C(CSc1nnc(-c2cccnc2)n1-c1ccccc1)NC[C@H]1COc2ccccc2O1. The molecule has 0 aliphatic carbocycles. The van der Waals surface area contributed by atoms with Gasteiger partial charge in [-0.1, -0.05) is 42.1 Å². The quantitative estimate of drug-likeness (QED) is 0.424. The minimum absolute atomic E-state index is 0.118. The fraction of sp³-hybridized carbons (Fsp3) is 0.167. The molecule has 5 rings (SSSR count). The van der Waals surface area contributed by atoms with Gasteiger partial charge in [0.15, 0.2) is 22.5 Å². The molecule has 1 amide bonds. The lowest BCUT2D eigenvalue weighted by Gasteiger charge is -2.26. The third kappa shape index (κ3) is 4.83. The number of nitrogens with zero attached hydrogens (tertiary/aromatic N) is 4. The van der Waals surface area contributed by atoms with Gasteiger partial charge in [-0.05, 0) is 36.4 Å². The monoisotopic (exact) mass is 459 g/mol. The number of fused-ring (bicyclic) bond motifs is 1. The first-order valence-electron chi connectivity index (χ1n) is 10.5. The summed E-state index contributed by atoms with van der Waals surface area (Å²) in [5.74, 6) is 2.16.